The van der Waals surface area contributed by atoms with Crippen LogP contribution in [0.1, 0.15) is 303 Å². The molecule has 0 saturated carbocycles. The summed E-state index contributed by atoms with van der Waals surface area (Å²) in [6.45, 7) is 4.93. The van der Waals surface area contributed by atoms with Gasteiger partial charge in [-0.15, -0.1) is 0 Å². The number of aliphatic hydroxyl groups excluding tert-OH is 2. The molecule has 0 aliphatic carbocycles. The molecule has 2 atom stereocenters. The van der Waals surface area contributed by atoms with Crippen molar-refractivity contribution in [2.24, 2.45) is 0 Å². The third kappa shape index (κ3) is 46.2. The molecular formula is C53H105NO5. The van der Waals surface area contributed by atoms with E-state index < -0.39 is 12.1 Å². The Morgan fingerprint density at radius 1 is 0.407 bits per heavy atom. The maximum absolute atomic E-state index is 12.4. The van der Waals surface area contributed by atoms with Crippen LogP contribution >= 0.6 is 0 Å². The van der Waals surface area contributed by atoms with E-state index in [0.29, 0.717) is 25.9 Å². The molecule has 1 amide bonds. The number of amides is 1. The monoisotopic (exact) mass is 836 g/mol. The van der Waals surface area contributed by atoms with Gasteiger partial charge in [0.2, 0.25) is 5.91 Å². The summed E-state index contributed by atoms with van der Waals surface area (Å²) in [6.07, 6.45) is 55.0. The van der Waals surface area contributed by atoms with E-state index >= 15 is 0 Å². The molecule has 0 aromatic carbocycles. The molecule has 6 nitrogen and oxygen atoms in total. The average molecular weight is 836 g/mol. The zero-order chi connectivity index (χ0) is 43.0. The van der Waals surface area contributed by atoms with E-state index in [1.54, 1.807) is 0 Å². The normalized spacial score (nSPS) is 12.5. The summed E-state index contributed by atoms with van der Waals surface area (Å²) in [6, 6.07) is -0.553. The van der Waals surface area contributed by atoms with Gasteiger partial charge in [-0.1, -0.05) is 264 Å². The summed E-state index contributed by atoms with van der Waals surface area (Å²) in [5.74, 6) is -0.0605. The first-order valence-corrected chi connectivity index (χ1v) is 26.8. The van der Waals surface area contributed by atoms with Gasteiger partial charge in [-0.3, -0.25) is 9.59 Å². The number of aliphatic hydroxyl groups is 2. The highest BCUT2D eigenvalue weighted by Gasteiger charge is 2.20. The predicted molar refractivity (Wildman–Crippen MR) is 255 cm³/mol. The highest BCUT2D eigenvalue weighted by Crippen LogP contribution is 2.17. The number of hydrogen-bond donors (Lipinski definition) is 3. The van der Waals surface area contributed by atoms with Crippen LogP contribution in [-0.2, 0) is 14.3 Å². The van der Waals surface area contributed by atoms with Gasteiger partial charge in [0, 0.05) is 12.8 Å². The Balaban J connectivity index is 3.44. The van der Waals surface area contributed by atoms with E-state index in [2.05, 4.69) is 19.2 Å². The summed E-state index contributed by atoms with van der Waals surface area (Å²) in [5.41, 5.74) is 0. The summed E-state index contributed by atoms with van der Waals surface area (Å²) in [4.78, 5) is 24.5. The SMILES string of the molecule is CCCCCCCCCCCCCCCCCCC(=O)OCCCCCCCCCCCCCC(=O)NC(CO)C(O)CCCCCCCCCCCCCCCCC. The first-order valence-electron chi connectivity index (χ1n) is 26.8. The van der Waals surface area contributed by atoms with Gasteiger partial charge in [0.05, 0.1) is 25.4 Å². The molecule has 0 aromatic heterocycles. The van der Waals surface area contributed by atoms with Gasteiger partial charge in [0.15, 0.2) is 0 Å². The Kier molecular flexibility index (Phi) is 48.6. The van der Waals surface area contributed by atoms with Gasteiger partial charge in [-0.05, 0) is 25.7 Å². The van der Waals surface area contributed by atoms with E-state index in [4.69, 9.17) is 4.74 Å². The van der Waals surface area contributed by atoms with Crippen molar-refractivity contribution in [2.75, 3.05) is 13.2 Å². The van der Waals surface area contributed by atoms with Crippen molar-refractivity contribution in [1.29, 1.82) is 0 Å². The summed E-state index contributed by atoms with van der Waals surface area (Å²) >= 11 is 0. The molecule has 0 aromatic rings. The number of hydrogen-bond acceptors (Lipinski definition) is 5. The van der Waals surface area contributed by atoms with Crippen molar-refractivity contribution in [3.63, 3.8) is 0 Å². The van der Waals surface area contributed by atoms with Gasteiger partial charge in [0.1, 0.15) is 0 Å². The molecule has 0 bridgehead atoms. The van der Waals surface area contributed by atoms with E-state index in [1.807, 2.05) is 0 Å². The van der Waals surface area contributed by atoms with E-state index in [1.165, 1.54) is 212 Å². The maximum Gasteiger partial charge on any atom is 0.305 e. The van der Waals surface area contributed by atoms with Crippen LogP contribution in [0.5, 0.6) is 0 Å². The first-order chi connectivity index (χ1) is 29.0. The van der Waals surface area contributed by atoms with E-state index in [-0.39, 0.29) is 18.5 Å². The second-order valence-corrected chi connectivity index (χ2v) is 18.6. The lowest BCUT2D eigenvalue weighted by molar-refractivity contribution is -0.143. The molecule has 3 N–H and O–H groups in total. The quantitative estimate of drug-likeness (QED) is 0.0419. The summed E-state index contributed by atoms with van der Waals surface area (Å²) in [5, 5.41) is 23.2. The largest absolute Gasteiger partial charge is 0.466 e. The van der Waals surface area contributed by atoms with Crippen LogP contribution in [0.4, 0.5) is 0 Å². The Morgan fingerprint density at radius 2 is 0.695 bits per heavy atom. The minimum absolute atomic E-state index is 0.00937. The number of rotatable bonds is 50. The standard InChI is InChI=1S/C53H105NO5/c1-3-5-7-9-11-13-15-17-19-21-23-27-31-35-39-43-47-53(58)59-48-44-40-36-32-28-24-26-30-34-38-42-46-52(57)54-50(49-55)51(56)45-41-37-33-29-25-22-20-18-16-14-12-10-8-6-4-2/h50-51,55-56H,3-49H2,1-2H3,(H,54,57). The molecule has 0 spiro atoms. The second kappa shape index (κ2) is 49.5. The molecular weight excluding hydrogens is 731 g/mol. The lowest BCUT2D eigenvalue weighted by Gasteiger charge is -2.22. The van der Waals surface area contributed by atoms with Crippen LogP contribution in [0.15, 0.2) is 0 Å². The van der Waals surface area contributed by atoms with Crippen LogP contribution in [0, 0.1) is 0 Å². The first kappa shape index (κ1) is 57.9. The molecule has 0 aliphatic rings. The molecule has 59 heavy (non-hydrogen) atoms. The number of unbranched alkanes of at least 4 members (excludes halogenated alkanes) is 39. The zero-order valence-corrected chi connectivity index (χ0v) is 40.0. The topological polar surface area (TPSA) is 95.9 Å². The second-order valence-electron chi connectivity index (χ2n) is 18.6. The van der Waals surface area contributed by atoms with Gasteiger partial charge < -0.3 is 20.3 Å². The molecule has 0 radical (unpaired) electrons. The fourth-order valence-electron chi connectivity index (χ4n) is 8.52. The van der Waals surface area contributed by atoms with Crippen LogP contribution in [0.25, 0.3) is 0 Å². The third-order valence-electron chi connectivity index (χ3n) is 12.7. The van der Waals surface area contributed by atoms with Crippen LogP contribution < -0.4 is 5.32 Å². The molecule has 0 rings (SSSR count). The lowest BCUT2D eigenvalue weighted by Crippen LogP contribution is -2.45. The van der Waals surface area contributed by atoms with Gasteiger partial charge in [-0.2, -0.15) is 0 Å². The Labute approximate surface area is 368 Å². The smallest absolute Gasteiger partial charge is 0.305 e. The van der Waals surface area contributed by atoms with Crippen LogP contribution in [-0.4, -0.2) is 47.4 Å². The van der Waals surface area contributed by atoms with Gasteiger partial charge in [0.25, 0.3) is 0 Å². The van der Waals surface area contributed by atoms with Crippen molar-refractivity contribution < 1.29 is 24.5 Å². The van der Waals surface area contributed by atoms with Crippen molar-refractivity contribution in [3.8, 4) is 0 Å². The van der Waals surface area contributed by atoms with Crippen LogP contribution in [0.3, 0.4) is 0 Å². The van der Waals surface area contributed by atoms with Crippen molar-refractivity contribution >= 4 is 11.9 Å². The molecule has 352 valence electrons. The van der Waals surface area contributed by atoms with Gasteiger partial charge in [-0.25, -0.2) is 0 Å². The fourth-order valence-corrected chi connectivity index (χ4v) is 8.52. The molecule has 0 fully saturated rings. The minimum Gasteiger partial charge on any atom is -0.466 e. The fraction of sp³-hybridized carbons (Fsp3) is 0.962. The van der Waals surface area contributed by atoms with Crippen molar-refractivity contribution in [1.82, 2.24) is 5.32 Å². The molecule has 6 heteroatoms. The van der Waals surface area contributed by atoms with Crippen molar-refractivity contribution in [2.45, 2.75) is 315 Å². The predicted octanol–water partition coefficient (Wildman–Crippen LogP) is 16.0. The molecule has 2 unspecified atom stereocenters. The number of carbonyl (C=O) groups excluding carboxylic acids is 2. The maximum atomic E-state index is 12.4. The van der Waals surface area contributed by atoms with E-state index in [0.717, 1.165) is 57.8 Å². The molecule has 0 aliphatic heterocycles. The third-order valence-corrected chi connectivity index (χ3v) is 12.7. The minimum atomic E-state index is -0.674. The summed E-state index contributed by atoms with van der Waals surface area (Å²) < 4.78 is 5.47. The highest BCUT2D eigenvalue weighted by atomic mass is 16.5. The van der Waals surface area contributed by atoms with E-state index in [9.17, 15) is 19.8 Å². The molecule has 0 saturated heterocycles. The number of nitrogens with one attached hydrogen (secondary N) is 1. The highest BCUT2D eigenvalue weighted by molar-refractivity contribution is 5.76. The number of esters is 1. The molecule has 0 heterocycles. The van der Waals surface area contributed by atoms with Crippen LogP contribution in [0.2, 0.25) is 0 Å². The van der Waals surface area contributed by atoms with Gasteiger partial charge >= 0.3 is 5.97 Å². The number of carbonyl (C=O) groups is 2. The zero-order valence-electron chi connectivity index (χ0n) is 40.0. The number of ether oxygens (including phenoxy) is 1. The summed E-state index contributed by atoms with van der Waals surface area (Å²) in [7, 11) is 0. The Hall–Kier alpha value is -1.14. The lowest BCUT2D eigenvalue weighted by atomic mass is 10.0. The Morgan fingerprint density at radius 3 is 1.03 bits per heavy atom. The average Bonchev–Trinajstić information content (AvgIpc) is 3.24. The Bertz CT molecular complexity index is 837. The van der Waals surface area contributed by atoms with Crippen molar-refractivity contribution in [3.05, 3.63) is 0 Å².